The van der Waals surface area contributed by atoms with E-state index in [4.69, 9.17) is 11.6 Å². The van der Waals surface area contributed by atoms with E-state index >= 15 is 0 Å². The van der Waals surface area contributed by atoms with Crippen LogP contribution in [0.4, 0.5) is 0 Å². The Labute approximate surface area is 103 Å². The zero-order chi connectivity index (χ0) is 11.8. The lowest BCUT2D eigenvalue weighted by atomic mass is 10.3. The van der Waals surface area contributed by atoms with Crippen LogP contribution in [0.1, 0.15) is 26.0 Å². The van der Waals surface area contributed by atoms with Gasteiger partial charge < -0.3 is 10.6 Å². The van der Waals surface area contributed by atoms with Crippen molar-refractivity contribution in [2.75, 3.05) is 13.1 Å². The van der Waals surface area contributed by atoms with Crippen molar-refractivity contribution in [3.63, 3.8) is 0 Å². The van der Waals surface area contributed by atoms with Gasteiger partial charge in [-0.3, -0.25) is 4.98 Å². The third kappa shape index (κ3) is 6.05. The first-order chi connectivity index (χ1) is 7.68. The summed E-state index contributed by atoms with van der Waals surface area (Å²) in [6.07, 6.45) is 2.81. The minimum Gasteiger partial charge on any atom is -0.314 e. The van der Waals surface area contributed by atoms with Crippen molar-refractivity contribution < 1.29 is 0 Å². The van der Waals surface area contributed by atoms with Crippen LogP contribution in [-0.4, -0.2) is 24.1 Å². The zero-order valence-corrected chi connectivity index (χ0v) is 10.7. The van der Waals surface area contributed by atoms with Crippen LogP contribution in [0.3, 0.4) is 0 Å². The summed E-state index contributed by atoms with van der Waals surface area (Å²) in [5.74, 6) is 0. The first-order valence-electron chi connectivity index (χ1n) is 5.73. The number of nitrogens with one attached hydrogen (secondary N) is 2. The monoisotopic (exact) mass is 241 g/mol. The van der Waals surface area contributed by atoms with Crippen molar-refractivity contribution in [1.82, 2.24) is 15.6 Å². The highest BCUT2D eigenvalue weighted by Gasteiger charge is 1.95. The van der Waals surface area contributed by atoms with Crippen LogP contribution in [0.15, 0.2) is 18.3 Å². The summed E-state index contributed by atoms with van der Waals surface area (Å²) in [6, 6.07) is 4.38. The molecule has 0 radical (unpaired) electrons. The fraction of sp³-hybridized carbons (Fsp3) is 0.583. The molecule has 0 saturated heterocycles. The maximum atomic E-state index is 5.75. The number of pyridine rings is 1. The smallest absolute Gasteiger partial charge is 0.0589 e. The van der Waals surface area contributed by atoms with E-state index in [2.05, 4.69) is 29.5 Å². The molecule has 0 atom stereocenters. The van der Waals surface area contributed by atoms with Crippen molar-refractivity contribution in [1.29, 1.82) is 0 Å². The average molecular weight is 242 g/mol. The number of nitrogens with zero attached hydrogens (tertiary/aromatic N) is 1. The van der Waals surface area contributed by atoms with Gasteiger partial charge in [0.2, 0.25) is 0 Å². The summed E-state index contributed by atoms with van der Waals surface area (Å²) in [5.41, 5.74) is 1.03. The third-order valence-electron chi connectivity index (χ3n) is 2.18. The summed E-state index contributed by atoms with van der Waals surface area (Å²) in [6.45, 7) is 7.18. The number of rotatable bonds is 7. The molecule has 0 bridgehead atoms. The highest BCUT2D eigenvalue weighted by atomic mass is 35.5. The second-order valence-electron chi connectivity index (χ2n) is 4.11. The SMILES string of the molecule is CC(C)NCCCNCc1ccc(Cl)cn1. The molecule has 0 aliphatic carbocycles. The van der Waals surface area contributed by atoms with Crippen molar-refractivity contribution in [2.24, 2.45) is 0 Å². The van der Waals surface area contributed by atoms with Gasteiger partial charge in [-0.05, 0) is 31.6 Å². The summed E-state index contributed by atoms with van der Waals surface area (Å²) in [4.78, 5) is 4.21. The van der Waals surface area contributed by atoms with Crippen molar-refractivity contribution >= 4 is 11.6 Å². The minimum absolute atomic E-state index is 0.568. The van der Waals surface area contributed by atoms with E-state index < -0.39 is 0 Å². The number of halogens is 1. The molecule has 3 nitrogen and oxygen atoms in total. The summed E-state index contributed by atoms with van der Waals surface area (Å²) >= 11 is 5.75. The van der Waals surface area contributed by atoms with Gasteiger partial charge in [-0.25, -0.2) is 0 Å². The van der Waals surface area contributed by atoms with Crippen LogP contribution in [0.5, 0.6) is 0 Å². The molecular weight excluding hydrogens is 222 g/mol. The van der Waals surface area contributed by atoms with Gasteiger partial charge in [0, 0.05) is 18.8 Å². The number of hydrogen-bond acceptors (Lipinski definition) is 3. The van der Waals surface area contributed by atoms with E-state index in [-0.39, 0.29) is 0 Å². The summed E-state index contributed by atoms with van der Waals surface area (Å²) in [7, 11) is 0. The molecule has 0 saturated carbocycles. The minimum atomic E-state index is 0.568. The Morgan fingerprint density at radius 2 is 2.12 bits per heavy atom. The van der Waals surface area contributed by atoms with Crippen LogP contribution >= 0.6 is 11.6 Å². The molecule has 16 heavy (non-hydrogen) atoms. The molecule has 0 amide bonds. The molecule has 90 valence electrons. The van der Waals surface area contributed by atoms with Crippen LogP contribution < -0.4 is 10.6 Å². The highest BCUT2D eigenvalue weighted by molar-refractivity contribution is 6.30. The Hall–Kier alpha value is -0.640. The lowest BCUT2D eigenvalue weighted by Crippen LogP contribution is -2.26. The van der Waals surface area contributed by atoms with E-state index in [9.17, 15) is 0 Å². The molecule has 2 N–H and O–H groups in total. The van der Waals surface area contributed by atoms with Gasteiger partial charge in [0.1, 0.15) is 0 Å². The van der Waals surface area contributed by atoms with Gasteiger partial charge in [0.25, 0.3) is 0 Å². The normalized spacial score (nSPS) is 11.0. The van der Waals surface area contributed by atoms with Gasteiger partial charge >= 0.3 is 0 Å². The first kappa shape index (κ1) is 13.4. The lowest BCUT2D eigenvalue weighted by Gasteiger charge is -2.08. The fourth-order valence-electron chi connectivity index (χ4n) is 1.33. The predicted octanol–water partition coefficient (Wildman–Crippen LogP) is 2.21. The van der Waals surface area contributed by atoms with Gasteiger partial charge in [0.15, 0.2) is 0 Å². The van der Waals surface area contributed by atoms with E-state index in [1.54, 1.807) is 6.20 Å². The van der Waals surface area contributed by atoms with Crippen molar-refractivity contribution in [3.8, 4) is 0 Å². The molecule has 1 aromatic heterocycles. The van der Waals surface area contributed by atoms with Gasteiger partial charge in [-0.2, -0.15) is 0 Å². The topological polar surface area (TPSA) is 37.0 Å². The van der Waals surface area contributed by atoms with Gasteiger partial charge in [-0.1, -0.05) is 25.4 Å². The molecule has 0 spiro atoms. The Balaban J connectivity index is 2.05. The molecule has 1 heterocycles. The van der Waals surface area contributed by atoms with E-state index in [1.165, 1.54) is 0 Å². The molecule has 1 rings (SSSR count). The standard InChI is InChI=1S/C12H20ClN3/c1-10(2)15-7-3-6-14-9-12-5-4-11(13)8-16-12/h4-5,8,10,14-15H,3,6-7,9H2,1-2H3. The Kier molecular flexibility index (Phi) is 6.38. The molecular formula is C12H20ClN3. The largest absolute Gasteiger partial charge is 0.314 e. The Morgan fingerprint density at radius 1 is 1.31 bits per heavy atom. The Bertz CT molecular complexity index is 285. The van der Waals surface area contributed by atoms with Gasteiger partial charge in [-0.15, -0.1) is 0 Å². The van der Waals surface area contributed by atoms with Crippen LogP contribution in [0, 0.1) is 0 Å². The zero-order valence-electron chi connectivity index (χ0n) is 9.96. The molecule has 0 aliphatic rings. The van der Waals surface area contributed by atoms with Crippen LogP contribution in [-0.2, 0) is 6.54 Å². The van der Waals surface area contributed by atoms with Crippen LogP contribution in [0.2, 0.25) is 5.02 Å². The maximum Gasteiger partial charge on any atom is 0.0589 e. The highest BCUT2D eigenvalue weighted by Crippen LogP contribution is 2.05. The molecule has 0 aromatic carbocycles. The van der Waals surface area contributed by atoms with Gasteiger partial charge in [0.05, 0.1) is 10.7 Å². The van der Waals surface area contributed by atoms with Crippen molar-refractivity contribution in [3.05, 3.63) is 29.0 Å². The number of aromatic nitrogens is 1. The predicted molar refractivity (Wildman–Crippen MR) is 68.7 cm³/mol. The molecule has 0 unspecified atom stereocenters. The van der Waals surface area contributed by atoms with Crippen molar-refractivity contribution in [2.45, 2.75) is 32.9 Å². The third-order valence-corrected chi connectivity index (χ3v) is 2.40. The van der Waals surface area contributed by atoms with Crippen LogP contribution in [0.25, 0.3) is 0 Å². The quantitative estimate of drug-likeness (QED) is 0.719. The fourth-order valence-corrected chi connectivity index (χ4v) is 1.44. The summed E-state index contributed by atoms with van der Waals surface area (Å²) in [5, 5.41) is 7.41. The molecule has 0 aliphatic heterocycles. The second kappa shape index (κ2) is 7.60. The average Bonchev–Trinajstić information content (AvgIpc) is 2.25. The Morgan fingerprint density at radius 3 is 2.75 bits per heavy atom. The molecule has 1 aromatic rings. The lowest BCUT2D eigenvalue weighted by molar-refractivity contribution is 0.546. The van der Waals surface area contributed by atoms with E-state index in [0.717, 1.165) is 31.7 Å². The second-order valence-corrected chi connectivity index (χ2v) is 4.54. The van der Waals surface area contributed by atoms with E-state index in [0.29, 0.717) is 11.1 Å². The van der Waals surface area contributed by atoms with E-state index in [1.807, 2.05) is 12.1 Å². The maximum absolute atomic E-state index is 5.75. The molecule has 4 heteroatoms. The first-order valence-corrected chi connectivity index (χ1v) is 6.11. The number of hydrogen-bond donors (Lipinski definition) is 2. The molecule has 0 fully saturated rings. The summed E-state index contributed by atoms with van der Waals surface area (Å²) < 4.78 is 0.